The van der Waals surface area contributed by atoms with Crippen LogP contribution in [0.15, 0.2) is 43.7 Å². The fourth-order valence-electron chi connectivity index (χ4n) is 6.32. The van der Waals surface area contributed by atoms with E-state index in [9.17, 15) is 57.0 Å². The van der Waals surface area contributed by atoms with Crippen molar-refractivity contribution in [1.82, 2.24) is 19.1 Å². The van der Waals surface area contributed by atoms with E-state index in [2.05, 4.69) is 12.9 Å². The van der Waals surface area contributed by atoms with Gasteiger partial charge in [0.15, 0.2) is 25.0 Å². The molecule has 6 heterocycles. The highest BCUT2D eigenvalue weighted by Gasteiger charge is 2.56. The van der Waals surface area contributed by atoms with Crippen molar-refractivity contribution >= 4 is 31.3 Å². The molecule has 0 saturated carbocycles. The molecule has 4 aliphatic rings. The first-order valence-electron chi connectivity index (χ1n) is 17.0. The Morgan fingerprint density at radius 2 is 0.930 bits per heavy atom. The molecule has 0 aliphatic carbocycles. The van der Waals surface area contributed by atoms with E-state index in [-0.39, 0.29) is 0 Å². The fraction of sp³-hybridized carbons (Fsp3) is 0.692. The lowest BCUT2D eigenvalue weighted by atomic mass is 10.1. The Hall–Kier alpha value is -2.32. The molecule has 57 heavy (non-hydrogen) atoms. The van der Waals surface area contributed by atoms with Crippen molar-refractivity contribution in [2.75, 3.05) is 13.2 Å². The minimum Gasteiger partial charge on any atom is -0.346 e. The summed E-state index contributed by atoms with van der Waals surface area (Å²) in [4.78, 5) is 92.6. The van der Waals surface area contributed by atoms with Gasteiger partial charge in [-0.05, 0) is 12.8 Å². The number of aromatic amines is 2. The maximum atomic E-state index is 12.7. The van der Waals surface area contributed by atoms with Gasteiger partial charge in [0.25, 0.3) is 11.1 Å². The zero-order valence-electron chi connectivity index (χ0n) is 29.6. The predicted molar refractivity (Wildman–Crippen MR) is 182 cm³/mol. The van der Waals surface area contributed by atoms with Crippen LogP contribution in [0.2, 0.25) is 0 Å². The molecule has 0 amide bonds. The molecular formula is C26H38N4O23P4. The third-order valence-electron chi connectivity index (χ3n) is 8.53. The summed E-state index contributed by atoms with van der Waals surface area (Å²) >= 11 is 0. The van der Waals surface area contributed by atoms with Crippen molar-refractivity contribution in [3.63, 3.8) is 0 Å². The second-order valence-corrected chi connectivity index (χ2v) is 18.9. The van der Waals surface area contributed by atoms with Gasteiger partial charge in [-0.25, -0.2) is 27.8 Å². The number of phosphoric acid groups is 4. The van der Waals surface area contributed by atoms with E-state index in [1.807, 2.05) is 23.8 Å². The van der Waals surface area contributed by atoms with Gasteiger partial charge in [0.1, 0.15) is 36.6 Å². The van der Waals surface area contributed by atoms with E-state index >= 15 is 0 Å². The quantitative estimate of drug-likeness (QED) is 0.109. The van der Waals surface area contributed by atoms with Crippen LogP contribution in [0.1, 0.15) is 52.0 Å². The smallest absolute Gasteiger partial charge is 0.346 e. The number of fused-ring (bicyclic) bond motifs is 2. The van der Waals surface area contributed by atoms with Gasteiger partial charge >= 0.3 is 42.7 Å². The Morgan fingerprint density at radius 3 is 1.28 bits per heavy atom. The van der Waals surface area contributed by atoms with Crippen LogP contribution < -0.4 is 22.5 Å². The van der Waals surface area contributed by atoms with E-state index in [0.717, 1.165) is 33.7 Å². The molecule has 6 unspecified atom stereocenters. The largest absolute Gasteiger partial charge is 0.490 e. The molecule has 4 saturated heterocycles. The number of ether oxygens (including phenoxy) is 6. The van der Waals surface area contributed by atoms with Crippen molar-refractivity contribution in [3.05, 3.63) is 66.2 Å². The molecule has 6 rings (SSSR count). The number of H-pyrrole nitrogens is 2. The molecule has 0 aromatic carbocycles. The molecule has 2 aromatic rings. The minimum absolute atomic E-state index is 0.398. The van der Waals surface area contributed by atoms with Gasteiger partial charge in [-0.3, -0.25) is 37.7 Å². The van der Waals surface area contributed by atoms with E-state index in [4.69, 9.17) is 37.5 Å². The van der Waals surface area contributed by atoms with Crippen LogP contribution in [-0.4, -0.2) is 101 Å². The summed E-state index contributed by atoms with van der Waals surface area (Å²) in [5.41, 5.74) is -3.18. The van der Waals surface area contributed by atoms with Crippen LogP contribution in [0.4, 0.5) is 0 Å². The molecular weight excluding hydrogens is 860 g/mol. The van der Waals surface area contributed by atoms with Gasteiger partial charge in [-0.2, -0.15) is 12.9 Å². The van der Waals surface area contributed by atoms with E-state index < -0.39 is 129 Å². The normalized spacial score (nSPS) is 33.9. The summed E-state index contributed by atoms with van der Waals surface area (Å²) in [6.45, 7) is 1.80. The SMILES string of the molecule is CCCC1O[C@@H]2[C@H](O1)[C@@H](COP(=O)(O)OP(=O)(O)OP(=O)(O)OP(=O)(O)OC[C@H]1O[C@@H](n3ccc(=O)[nH]c3=O)[C@@H]3OC(CCC)O[C@@H]31)O[C@H]2n1ccc(=O)[nH]c1=O. The standard InChI is InChI=1S/C26H38N4O23P4/c1-3-5-17-47-19-13(45-23(21(19)49-17)29-9-7-15(31)27-25(29)33)11-43-54(35,36)51-56(39,40)53-57(41,42)52-55(37,38)44-12-14-20-22(50-18(48-20)6-4-2)24(46-14)30-10-8-16(32)28-26(30)34/h7-10,13-14,17-24H,3-6,11-12H2,1-2H3,(H,35,36)(H,37,38)(H,39,40)(H,41,42)(H,27,31,33)(H,28,32,34)/t13-,14-,17?,18?,19-,20-,21-,22-,23-,24-/m1/s1. The monoisotopic (exact) mass is 898 g/mol. The Bertz CT molecular complexity index is 2060. The van der Waals surface area contributed by atoms with Gasteiger partial charge in [-0.1, -0.05) is 26.7 Å². The van der Waals surface area contributed by atoms with Crippen LogP contribution in [0.3, 0.4) is 0 Å². The summed E-state index contributed by atoms with van der Waals surface area (Å²) in [7, 11) is -23.8. The second kappa shape index (κ2) is 17.3. The summed E-state index contributed by atoms with van der Waals surface area (Å²) in [5.74, 6) is 0. The number of rotatable bonds is 18. The van der Waals surface area contributed by atoms with Gasteiger partial charge in [0, 0.05) is 24.5 Å². The van der Waals surface area contributed by atoms with E-state index in [1.165, 1.54) is 0 Å². The Kier molecular flexibility index (Phi) is 13.5. The lowest BCUT2D eigenvalue weighted by molar-refractivity contribution is -0.153. The first-order valence-corrected chi connectivity index (χ1v) is 23.0. The summed E-state index contributed by atoms with van der Waals surface area (Å²) in [6.07, 6.45) is -6.52. The van der Waals surface area contributed by atoms with Crippen molar-refractivity contribution < 1.29 is 88.2 Å². The van der Waals surface area contributed by atoms with Crippen LogP contribution in [0.5, 0.6) is 0 Å². The number of phosphoric ester groups is 2. The van der Waals surface area contributed by atoms with Crippen LogP contribution >= 0.6 is 31.3 Å². The molecule has 31 heteroatoms. The number of hydrogen-bond acceptors (Lipinski definition) is 19. The van der Waals surface area contributed by atoms with E-state index in [0.29, 0.717) is 25.7 Å². The fourth-order valence-corrected chi connectivity index (χ4v) is 11.3. The Morgan fingerprint density at radius 1 is 0.579 bits per heavy atom. The number of aromatic nitrogens is 4. The molecule has 0 spiro atoms. The average Bonchev–Trinajstić information content (AvgIpc) is 3.83. The molecule has 27 nitrogen and oxygen atoms in total. The highest BCUT2D eigenvalue weighted by molar-refractivity contribution is 7.69. The first kappa shape index (κ1) is 44.2. The van der Waals surface area contributed by atoms with Crippen LogP contribution in [-0.2, 0) is 68.7 Å². The molecule has 6 N–H and O–H groups in total. The zero-order valence-corrected chi connectivity index (χ0v) is 33.1. The van der Waals surface area contributed by atoms with Gasteiger partial charge in [-0.15, -0.1) is 0 Å². The van der Waals surface area contributed by atoms with Crippen LogP contribution in [0.25, 0.3) is 0 Å². The zero-order chi connectivity index (χ0) is 41.5. The van der Waals surface area contributed by atoms with Crippen molar-refractivity contribution in [1.29, 1.82) is 0 Å². The number of nitrogens with zero attached hydrogens (tertiary/aromatic N) is 2. The Labute approximate surface area is 319 Å². The number of hydrogen-bond donors (Lipinski definition) is 6. The third-order valence-corrected chi connectivity index (χ3v) is 14.4. The Balaban J connectivity index is 1.05. The average molecular weight is 898 g/mol. The lowest BCUT2D eigenvalue weighted by Gasteiger charge is -2.23. The van der Waals surface area contributed by atoms with E-state index in [1.54, 1.807) is 0 Å². The van der Waals surface area contributed by atoms with Crippen molar-refractivity contribution in [3.8, 4) is 0 Å². The molecule has 4 aliphatic heterocycles. The number of nitrogens with one attached hydrogen (secondary N) is 2. The van der Waals surface area contributed by atoms with Gasteiger partial charge in [0.05, 0.1) is 13.2 Å². The molecule has 0 bridgehead atoms. The molecule has 2 aromatic heterocycles. The highest BCUT2D eigenvalue weighted by atomic mass is 31.3. The minimum atomic E-state index is -6.17. The van der Waals surface area contributed by atoms with Crippen molar-refractivity contribution in [2.45, 2.75) is 101 Å². The molecule has 14 atom stereocenters. The summed E-state index contributed by atoms with van der Waals surface area (Å²) < 4.78 is 109. The summed E-state index contributed by atoms with van der Waals surface area (Å²) in [5, 5.41) is 0. The molecule has 0 radical (unpaired) electrons. The maximum Gasteiger partial charge on any atom is 0.490 e. The second-order valence-electron chi connectivity index (χ2n) is 12.7. The third kappa shape index (κ3) is 10.7. The van der Waals surface area contributed by atoms with Gasteiger partial charge in [0.2, 0.25) is 0 Å². The van der Waals surface area contributed by atoms with Crippen LogP contribution in [0, 0.1) is 0 Å². The molecule has 4 fully saturated rings. The highest BCUT2D eigenvalue weighted by Crippen LogP contribution is 2.71. The van der Waals surface area contributed by atoms with Gasteiger partial charge < -0.3 is 48.0 Å². The topological polar surface area (TPSA) is 360 Å². The molecule has 320 valence electrons. The first-order chi connectivity index (χ1) is 26.7. The predicted octanol–water partition coefficient (Wildman–Crippen LogP) is 0.187. The lowest BCUT2D eigenvalue weighted by Crippen LogP contribution is -2.36. The summed E-state index contributed by atoms with van der Waals surface area (Å²) in [6, 6.07) is 2.06. The van der Waals surface area contributed by atoms with Crippen molar-refractivity contribution in [2.24, 2.45) is 0 Å². The maximum absolute atomic E-state index is 12.7.